The van der Waals surface area contributed by atoms with E-state index in [1.54, 1.807) is 0 Å². The van der Waals surface area contributed by atoms with Crippen molar-refractivity contribution in [1.82, 2.24) is 0 Å². The normalized spacial score (nSPS) is 14.0. The Kier molecular flexibility index (Phi) is 7.76. The van der Waals surface area contributed by atoms with Gasteiger partial charge in [0.05, 0.1) is 0 Å². The zero-order valence-electron chi connectivity index (χ0n) is 22.0. The first-order valence-electron chi connectivity index (χ1n) is 11.8. The average Bonchev–Trinajstić information content (AvgIpc) is 2.48. The van der Waals surface area contributed by atoms with Crippen LogP contribution in [-0.4, -0.2) is 5.11 Å². The molecule has 1 rings (SSSR count). The lowest BCUT2D eigenvalue weighted by atomic mass is 9.57. The minimum Gasteiger partial charge on any atom is -0.507 e. The predicted molar refractivity (Wildman–Crippen MR) is 130 cm³/mol. The molecule has 1 aromatic rings. The number of hydrogen-bond donors (Lipinski definition) is 1. The number of phenolic OH excluding ortho intramolecular Hbond substituents is 1. The zero-order chi connectivity index (χ0) is 23.1. The fourth-order valence-electron chi connectivity index (χ4n) is 5.55. The summed E-state index contributed by atoms with van der Waals surface area (Å²) < 4.78 is 0. The molecule has 1 heteroatoms. The lowest BCUT2D eigenvalue weighted by Gasteiger charge is -2.47. The zero-order valence-corrected chi connectivity index (χ0v) is 22.0. The van der Waals surface area contributed by atoms with Gasteiger partial charge in [-0.15, -0.1) is 0 Å². The van der Waals surface area contributed by atoms with Gasteiger partial charge in [0, 0.05) is 11.0 Å². The standard InChI is InChI=1S/C28H50O/c1-17(2)16-28(19(5)6,20(7)8)21-15-22(26(9,10)11)25(29)24(27(12,13)14)23(21)18(3)4/h15,17-20,29H,16H2,1-14H3. The van der Waals surface area contributed by atoms with Crippen LogP contribution in [0.4, 0.5) is 0 Å². The smallest absolute Gasteiger partial charge is 0.123 e. The summed E-state index contributed by atoms with van der Waals surface area (Å²) in [6.07, 6.45) is 1.17. The van der Waals surface area contributed by atoms with Gasteiger partial charge in [0.2, 0.25) is 0 Å². The Morgan fingerprint density at radius 1 is 0.724 bits per heavy atom. The molecule has 0 heterocycles. The molecule has 29 heavy (non-hydrogen) atoms. The van der Waals surface area contributed by atoms with Crippen LogP contribution in [0.25, 0.3) is 0 Å². The molecular weight excluding hydrogens is 352 g/mol. The van der Waals surface area contributed by atoms with Crippen LogP contribution in [0.3, 0.4) is 0 Å². The van der Waals surface area contributed by atoms with Crippen molar-refractivity contribution in [3.05, 3.63) is 28.3 Å². The highest BCUT2D eigenvalue weighted by Crippen LogP contribution is 2.53. The van der Waals surface area contributed by atoms with Crippen molar-refractivity contribution in [3.8, 4) is 5.75 Å². The molecule has 0 aliphatic carbocycles. The topological polar surface area (TPSA) is 20.2 Å². The molecule has 0 amide bonds. The Hall–Kier alpha value is -0.980. The summed E-state index contributed by atoms with van der Waals surface area (Å²) in [5, 5.41) is 11.5. The summed E-state index contributed by atoms with van der Waals surface area (Å²) in [7, 11) is 0. The summed E-state index contributed by atoms with van der Waals surface area (Å²) in [4.78, 5) is 0. The van der Waals surface area contributed by atoms with Crippen LogP contribution in [0, 0.1) is 17.8 Å². The monoisotopic (exact) mass is 402 g/mol. The van der Waals surface area contributed by atoms with E-state index in [1.165, 1.54) is 17.5 Å². The van der Waals surface area contributed by atoms with Crippen molar-refractivity contribution in [2.45, 2.75) is 126 Å². The predicted octanol–water partition coefficient (Wildman–Crippen LogP) is 8.71. The molecule has 0 aromatic heterocycles. The van der Waals surface area contributed by atoms with Gasteiger partial charge in [0.15, 0.2) is 0 Å². The van der Waals surface area contributed by atoms with Crippen molar-refractivity contribution in [3.63, 3.8) is 0 Å². The van der Waals surface area contributed by atoms with Crippen LogP contribution >= 0.6 is 0 Å². The first kappa shape index (κ1) is 26.1. The molecule has 0 saturated carbocycles. The molecule has 0 atom stereocenters. The van der Waals surface area contributed by atoms with Crippen LogP contribution in [-0.2, 0) is 16.2 Å². The van der Waals surface area contributed by atoms with E-state index in [9.17, 15) is 5.11 Å². The summed E-state index contributed by atoms with van der Waals surface area (Å²) in [5.74, 6) is 2.54. The number of benzene rings is 1. The van der Waals surface area contributed by atoms with Gasteiger partial charge in [-0.1, -0.05) is 103 Å². The summed E-state index contributed by atoms with van der Waals surface area (Å²) >= 11 is 0. The third kappa shape index (κ3) is 5.02. The van der Waals surface area contributed by atoms with Gasteiger partial charge in [-0.2, -0.15) is 0 Å². The second-order valence-corrected chi connectivity index (χ2v) is 12.7. The summed E-state index contributed by atoms with van der Waals surface area (Å²) in [6, 6.07) is 2.39. The van der Waals surface area contributed by atoms with Crippen molar-refractivity contribution < 1.29 is 5.11 Å². The van der Waals surface area contributed by atoms with Crippen molar-refractivity contribution in [1.29, 1.82) is 0 Å². The summed E-state index contributed by atoms with van der Waals surface area (Å²) in [6.45, 7) is 32.3. The molecular formula is C28H50O. The Bertz CT molecular complexity index is 682. The Morgan fingerprint density at radius 2 is 1.17 bits per heavy atom. The van der Waals surface area contributed by atoms with E-state index < -0.39 is 0 Å². The van der Waals surface area contributed by atoms with E-state index in [2.05, 4.69) is 103 Å². The third-order valence-electron chi connectivity index (χ3n) is 6.78. The highest BCUT2D eigenvalue weighted by Gasteiger charge is 2.44. The van der Waals surface area contributed by atoms with E-state index in [4.69, 9.17) is 0 Å². The van der Waals surface area contributed by atoms with Gasteiger partial charge in [-0.05, 0) is 57.6 Å². The van der Waals surface area contributed by atoms with Crippen LogP contribution in [0.5, 0.6) is 5.75 Å². The third-order valence-corrected chi connectivity index (χ3v) is 6.78. The van der Waals surface area contributed by atoms with Gasteiger partial charge in [-0.3, -0.25) is 0 Å². The quantitative estimate of drug-likeness (QED) is 0.504. The Balaban J connectivity index is 4.31. The number of rotatable bonds is 6. The number of phenols is 1. The van der Waals surface area contributed by atoms with Crippen molar-refractivity contribution >= 4 is 0 Å². The largest absolute Gasteiger partial charge is 0.507 e. The molecule has 0 saturated heterocycles. The van der Waals surface area contributed by atoms with Gasteiger partial charge in [0.25, 0.3) is 0 Å². The summed E-state index contributed by atoms with van der Waals surface area (Å²) in [5.41, 5.74) is 4.98. The lowest BCUT2D eigenvalue weighted by Crippen LogP contribution is -2.41. The van der Waals surface area contributed by atoms with E-state index in [1.807, 2.05) is 0 Å². The fourth-order valence-corrected chi connectivity index (χ4v) is 5.55. The molecule has 1 nitrogen and oxygen atoms in total. The first-order valence-corrected chi connectivity index (χ1v) is 11.8. The molecule has 1 aromatic carbocycles. The molecule has 0 unspecified atom stereocenters. The second kappa shape index (κ2) is 8.64. The number of aromatic hydroxyl groups is 1. The number of hydrogen-bond acceptors (Lipinski definition) is 1. The lowest BCUT2D eigenvalue weighted by molar-refractivity contribution is 0.175. The molecule has 0 aliphatic heterocycles. The van der Waals surface area contributed by atoms with Gasteiger partial charge >= 0.3 is 0 Å². The molecule has 0 fully saturated rings. The maximum Gasteiger partial charge on any atom is 0.123 e. The SMILES string of the molecule is CC(C)CC(c1cc(C(C)(C)C)c(O)c(C(C)(C)C)c1C(C)C)(C(C)C)C(C)C. The van der Waals surface area contributed by atoms with Gasteiger partial charge in [0.1, 0.15) is 5.75 Å². The molecule has 0 spiro atoms. The van der Waals surface area contributed by atoms with E-state index in [0.717, 1.165) is 11.1 Å². The maximum atomic E-state index is 11.5. The van der Waals surface area contributed by atoms with Crippen LogP contribution in [0.1, 0.15) is 132 Å². The van der Waals surface area contributed by atoms with E-state index >= 15 is 0 Å². The van der Waals surface area contributed by atoms with Gasteiger partial charge in [-0.25, -0.2) is 0 Å². The van der Waals surface area contributed by atoms with Crippen LogP contribution < -0.4 is 0 Å². The molecule has 1 N–H and O–H groups in total. The first-order chi connectivity index (χ1) is 12.9. The van der Waals surface area contributed by atoms with Gasteiger partial charge < -0.3 is 5.11 Å². The van der Waals surface area contributed by atoms with Crippen LogP contribution in [0.15, 0.2) is 6.07 Å². The Morgan fingerprint density at radius 3 is 1.45 bits per heavy atom. The van der Waals surface area contributed by atoms with E-state index in [0.29, 0.717) is 29.4 Å². The molecule has 0 aliphatic rings. The van der Waals surface area contributed by atoms with Crippen molar-refractivity contribution in [2.24, 2.45) is 17.8 Å². The van der Waals surface area contributed by atoms with Crippen molar-refractivity contribution in [2.75, 3.05) is 0 Å². The molecule has 0 bridgehead atoms. The van der Waals surface area contributed by atoms with E-state index in [-0.39, 0.29) is 16.2 Å². The highest BCUT2D eigenvalue weighted by atomic mass is 16.3. The second-order valence-electron chi connectivity index (χ2n) is 12.7. The maximum absolute atomic E-state index is 11.5. The fraction of sp³-hybridized carbons (Fsp3) is 0.786. The molecule has 168 valence electrons. The highest BCUT2D eigenvalue weighted by molar-refractivity contribution is 5.58. The minimum absolute atomic E-state index is 0.0848. The minimum atomic E-state index is -0.114. The van der Waals surface area contributed by atoms with Crippen LogP contribution in [0.2, 0.25) is 0 Å². The average molecular weight is 403 g/mol. The Labute approximate surface area is 182 Å². The molecule has 0 radical (unpaired) electrons.